The third kappa shape index (κ3) is 3.73. The van der Waals surface area contributed by atoms with Gasteiger partial charge in [-0.25, -0.2) is 4.98 Å². The molecule has 0 amide bonds. The molecule has 4 aromatic rings. The molecule has 1 atom stereocenters. The second-order valence-corrected chi connectivity index (χ2v) is 8.51. The lowest BCUT2D eigenvalue weighted by molar-refractivity contribution is 0.475. The number of hydrogen-bond donors (Lipinski definition) is 1. The lowest BCUT2D eigenvalue weighted by atomic mass is 10.1. The first kappa shape index (κ1) is 17.6. The minimum absolute atomic E-state index is 0.179. The molecule has 2 aromatic carbocycles. The standard InChI is InChI=1S/C23H24N4S/c1-2-8-17(9-3-1)14-21(23-25-20-11-4-5-12-22(20)28-23)24-16-18-15-19-10-6-7-13-27(19)26-18/h1-5,8-9,11-12,15,21,24H,6-7,10,13-14,16H2. The lowest BCUT2D eigenvalue weighted by Gasteiger charge is -2.16. The number of para-hydroxylation sites is 1. The van der Waals surface area contributed by atoms with Crippen LogP contribution in [0, 0.1) is 0 Å². The first-order valence-electron chi connectivity index (χ1n) is 10.0. The van der Waals surface area contributed by atoms with Gasteiger partial charge >= 0.3 is 0 Å². The summed E-state index contributed by atoms with van der Waals surface area (Å²) in [6.07, 6.45) is 4.59. The fraction of sp³-hybridized carbons (Fsp3) is 0.304. The van der Waals surface area contributed by atoms with E-state index in [0.29, 0.717) is 0 Å². The summed E-state index contributed by atoms with van der Waals surface area (Å²) < 4.78 is 3.43. The average Bonchev–Trinajstić information content (AvgIpc) is 3.35. The van der Waals surface area contributed by atoms with Crippen LogP contribution in [0.3, 0.4) is 0 Å². The van der Waals surface area contributed by atoms with Gasteiger partial charge in [-0.3, -0.25) is 4.68 Å². The Labute approximate surface area is 169 Å². The zero-order valence-electron chi connectivity index (χ0n) is 15.8. The SMILES string of the molecule is c1ccc(CC(NCc2cc3n(n2)CCCC3)c2nc3ccccc3s2)cc1. The van der Waals surface area contributed by atoms with E-state index < -0.39 is 0 Å². The van der Waals surface area contributed by atoms with Crippen LogP contribution in [0.25, 0.3) is 10.2 Å². The number of hydrogen-bond acceptors (Lipinski definition) is 4. The number of nitrogens with zero attached hydrogens (tertiary/aromatic N) is 3. The van der Waals surface area contributed by atoms with Crippen LogP contribution in [0.15, 0.2) is 60.7 Å². The smallest absolute Gasteiger partial charge is 0.111 e. The third-order valence-electron chi connectivity index (χ3n) is 5.39. The summed E-state index contributed by atoms with van der Waals surface area (Å²) in [5, 5.41) is 9.69. The van der Waals surface area contributed by atoms with Crippen molar-refractivity contribution in [3.63, 3.8) is 0 Å². The van der Waals surface area contributed by atoms with E-state index in [9.17, 15) is 0 Å². The van der Waals surface area contributed by atoms with E-state index in [1.165, 1.54) is 28.8 Å². The second-order valence-electron chi connectivity index (χ2n) is 7.45. The Morgan fingerprint density at radius 3 is 2.75 bits per heavy atom. The molecular weight excluding hydrogens is 364 g/mol. The Morgan fingerprint density at radius 2 is 1.89 bits per heavy atom. The highest BCUT2D eigenvalue weighted by atomic mass is 32.1. The molecule has 1 unspecified atom stereocenters. The number of thiazole rings is 1. The largest absolute Gasteiger partial charge is 0.302 e. The van der Waals surface area contributed by atoms with Crippen LogP contribution >= 0.6 is 11.3 Å². The molecule has 28 heavy (non-hydrogen) atoms. The Morgan fingerprint density at radius 1 is 1.04 bits per heavy atom. The maximum absolute atomic E-state index is 4.92. The maximum Gasteiger partial charge on any atom is 0.111 e. The van der Waals surface area contributed by atoms with Crippen molar-refractivity contribution in [2.24, 2.45) is 0 Å². The molecule has 4 nitrogen and oxygen atoms in total. The van der Waals surface area contributed by atoms with Crippen LogP contribution in [0.5, 0.6) is 0 Å². The van der Waals surface area contributed by atoms with Crippen LogP contribution in [0.4, 0.5) is 0 Å². The normalized spacial score (nSPS) is 14.9. The lowest BCUT2D eigenvalue weighted by Crippen LogP contribution is -2.23. The third-order valence-corrected chi connectivity index (χ3v) is 6.54. The van der Waals surface area contributed by atoms with E-state index in [1.807, 2.05) is 0 Å². The summed E-state index contributed by atoms with van der Waals surface area (Å²) in [7, 11) is 0. The van der Waals surface area contributed by atoms with Crippen molar-refractivity contribution in [1.82, 2.24) is 20.1 Å². The van der Waals surface area contributed by atoms with Crippen molar-refractivity contribution in [1.29, 1.82) is 0 Å². The molecular formula is C23H24N4S. The second kappa shape index (κ2) is 7.86. The van der Waals surface area contributed by atoms with Crippen LogP contribution < -0.4 is 5.32 Å². The summed E-state index contributed by atoms with van der Waals surface area (Å²) in [5.41, 5.74) is 4.92. The van der Waals surface area contributed by atoms with Gasteiger partial charge in [0.25, 0.3) is 0 Å². The fourth-order valence-electron chi connectivity index (χ4n) is 3.93. The fourth-order valence-corrected chi connectivity index (χ4v) is 4.97. The Balaban J connectivity index is 1.39. The van der Waals surface area contributed by atoms with E-state index in [4.69, 9.17) is 10.1 Å². The monoisotopic (exact) mass is 388 g/mol. The molecule has 0 saturated carbocycles. The topological polar surface area (TPSA) is 42.7 Å². The van der Waals surface area contributed by atoms with Crippen LogP contribution in [0.2, 0.25) is 0 Å². The zero-order valence-corrected chi connectivity index (χ0v) is 16.7. The molecule has 0 aliphatic carbocycles. The molecule has 142 valence electrons. The van der Waals surface area contributed by atoms with Gasteiger partial charge in [-0.2, -0.15) is 5.10 Å². The van der Waals surface area contributed by atoms with Gasteiger partial charge in [0.15, 0.2) is 0 Å². The van der Waals surface area contributed by atoms with Gasteiger partial charge in [-0.05, 0) is 49.4 Å². The number of rotatable bonds is 6. The van der Waals surface area contributed by atoms with Crippen molar-refractivity contribution in [2.75, 3.05) is 0 Å². The quantitative estimate of drug-likeness (QED) is 0.511. The minimum Gasteiger partial charge on any atom is -0.302 e. The number of benzene rings is 2. The summed E-state index contributed by atoms with van der Waals surface area (Å²) in [6.45, 7) is 1.83. The summed E-state index contributed by atoms with van der Waals surface area (Å²) >= 11 is 1.79. The van der Waals surface area contributed by atoms with Gasteiger partial charge in [-0.1, -0.05) is 42.5 Å². The number of aromatic nitrogens is 3. The zero-order chi connectivity index (χ0) is 18.8. The van der Waals surface area contributed by atoms with Crippen LogP contribution in [0.1, 0.15) is 40.8 Å². The first-order valence-corrected chi connectivity index (χ1v) is 10.9. The summed E-state index contributed by atoms with van der Waals surface area (Å²) in [4.78, 5) is 4.92. The molecule has 5 heteroatoms. The molecule has 1 N–H and O–H groups in total. The highest BCUT2D eigenvalue weighted by Gasteiger charge is 2.18. The molecule has 0 saturated heterocycles. The molecule has 5 rings (SSSR count). The predicted octanol–water partition coefficient (Wildman–Crippen LogP) is 4.90. The molecule has 1 aliphatic rings. The van der Waals surface area contributed by atoms with E-state index in [2.05, 4.69) is 70.7 Å². The molecule has 0 fully saturated rings. The van der Waals surface area contributed by atoms with E-state index in [1.54, 1.807) is 11.3 Å². The minimum atomic E-state index is 0.179. The molecule has 1 aliphatic heterocycles. The predicted molar refractivity (Wildman–Crippen MR) is 115 cm³/mol. The van der Waals surface area contributed by atoms with Crippen LogP contribution in [-0.4, -0.2) is 14.8 Å². The first-order chi connectivity index (χ1) is 13.8. The van der Waals surface area contributed by atoms with E-state index in [-0.39, 0.29) is 6.04 Å². The molecule has 0 radical (unpaired) electrons. The maximum atomic E-state index is 4.92. The summed E-state index contributed by atoms with van der Waals surface area (Å²) in [5.74, 6) is 0. The number of fused-ring (bicyclic) bond motifs is 2. The van der Waals surface area contributed by atoms with Crippen molar-refractivity contribution in [3.05, 3.63) is 82.6 Å². The molecule has 3 heterocycles. The van der Waals surface area contributed by atoms with Gasteiger partial charge in [-0.15, -0.1) is 11.3 Å². The Kier molecular flexibility index (Phi) is 4.93. The van der Waals surface area contributed by atoms with E-state index in [0.717, 1.165) is 42.1 Å². The van der Waals surface area contributed by atoms with Crippen molar-refractivity contribution < 1.29 is 0 Å². The van der Waals surface area contributed by atoms with Crippen molar-refractivity contribution in [3.8, 4) is 0 Å². The van der Waals surface area contributed by atoms with E-state index >= 15 is 0 Å². The van der Waals surface area contributed by atoms with Crippen molar-refractivity contribution >= 4 is 21.6 Å². The van der Waals surface area contributed by atoms with Gasteiger partial charge in [0.2, 0.25) is 0 Å². The molecule has 2 aromatic heterocycles. The summed E-state index contributed by atoms with van der Waals surface area (Å²) in [6, 6.07) is 21.5. The van der Waals surface area contributed by atoms with Gasteiger partial charge in [0.05, 0.1) is 22.0 Å². The average molecular weight is 389 g/mol. The highest BCUT2D eigenvalue weighted by Crippen LogP contribution is 2.28. The van der Waals surface area contributed by atoms with Crippen molar-refractivity contribution in [2.45, 2.75) is 44.8 Å². The van der Waals surface area contributed by atoms with Gasteiger partial charge < -0.3 is 5.32 Å². The molecule has 0 bridgehead atoms. The van der Waals surface area contributed by atoms with Gasteiger partial charge in [0, 0.05) is 18.8 Å². The number of aryl methyl sites for hydroxylation is 2. The van der Waals surface area contributed by atoms with Gasteiger partial charge in [0.1, 0.15) is 5.01 Å². The number of nitrogens with one attached hydrogen (secondary N) is 1. The highest BCUT2D eigenvalue weighted by molar-refractivity contribution is 7.18. The Bertz CT molecular complexity index is 1010. The van der Waals surface area contributed by atoms with Crippen LogP contribution in [-0.2, 0) is 25.9 Å². The Hall–Kier alpha value is -2.50. The molecule has 0 spiro atoms.